The Morgan fingerprint density at radius 1 is 1.14 bits per heavy atom. The van der Waals surface area contributed by atoms with Gasteiger partial charge in [0, 0.05) is 24.2 Å². The number of alkyl halides is 3. The molecular formula is C23H17F5N4O4. The number of halogens is 5. The molecule has 1 aromatic carbocycles. The number of aromatic nitrogens is 3. The van der Waals surface area contributed by atoms with Gasteiger partial charge >= 0.3 is 11.9 Å². The molecule has 2 fully saturated rings. The van der Waals surface area contributed by atoms with Crippen LogP contribution in [0, 0.1) is 17.6 Å². The van der Waals surface area contributed by atoms with Crippen molar-refractivity contribution in [2.45, 2.75) is 38.0 Å². The molecule has 3 aliphatic heterocycles. The first kappa shape index (κ1) is 22.7. The number of fused-ring (bicyclic) bond motifs is 7. The molecule has 3 atom stereocenters. The van der Waals surface area contributed by atoms with Gasteiger partial charge in [-0.25, -0.2) is 13.6 Å². The van der Waals surface area contributed by atoms with E-state index in [4.69, 9.17) is 14.2 Å². The van der Waals surface area contributed by atoms with Gasteiger partial charge in [-0.3, -0.25) is 9.55 Å². The molecule has 2 bridgehead atoms. The standard InChI is InChI=1S/C23H17F5N4O4/c24-14-3-11(4-15(25)21(14)36-13-1-2-29-17(6-13)23(26,27)28)9-34-18-7-19-31(22(33)30-18)8-16-12-5-20(32(16)19)35-10-12/h1-4,6-7,12,16,20H,5,8-10H2/t12?,16-,20?/m0/s1. The van der Waals surface area contributed by atoms with Crippen LogP contribution in [0.15, 0.2) is 41.3 Å². The van der Waals surface area contributed by atoms with Crippen LogP contribution in [0.4, 0.5) is 27.8 Å². The largest absolute Gasteiger partial charge is 0.473 e. The van der Waals surface area contributed by atoms with Crippen molar-refractivity contribution in [2.75, 3.05) is 11.5 Å². The summed E-state index contributed by atoms with van der Waals surface area (Å²) < 4.78 is 85.5. The van der Waals surface area contributed by atoms with Crippen molar-refractivity contribution < 1.29 is 36.2 Å². The van der Waals surface area contributed by atoms with Crippen LogP contribution in [0.25, 0.3) is 0 Å². The Bertz CT molecular complexity index is 1390. The second-order valence-electron chi connectivity index (χ2n) is 8.76. The zero-order valence-corrected chi connectivity index (χ0v) is 18.3. The van der Waals surface area contributed by atoms with Gasteiger partial charge in [0.1, 0.15) is 30.1 Å². The summed E-state index contributed by atoms with van der Waals surface area (Å²) in [6, 6.07) is 5.19. The maximum Gasteiger partial charge on any atom is 0.433 e. The number of rotatable bonds is 5. The van der Waals surface area contributed by atoms with E-state index in [0.717, 1.165) is 30.8 Å². The zero-order chi connectivity index (χ0) is 25.2. The van der Waals surface area contributed by atoms with Gasteiger partial charge in [-0.15, -0.1) is 0 Å². The van der Waals surface area contributed by atoms with Crippen molar-refractivity contribution in [3.05, 3.63) is 69.9 Å². The maximum atomic E-state index is 14.6. The Hall–Kier alpha value is -3.74. The average Bonchev–Trinajstić information content (AvgIpc) is 3.53. The smallest absolute Gasteiger partial charge is 0.433 e. The predicted molar refractivity (Wildman–Crippen MR) is 113 cm³/mol. The highest BCUT2D eigenvalue weighted by Gasteiger charge is 2.51. The Morgan fingerprint density at radius 2 is 1.92 bits per heavy atom. The molecule has 0 N–H and O–H groups in total. The lowest BCUT2D eigenvalue weighted by atomic mass is 10.0. The van der Waals surface area contributed by atoms with E-state index in [1.165, 1.54) is 0 Å². The monoisotopic (exact) mass is 508 g/mol. The lowest BCUT2D eigenvalue weighted by Crippen LogP contribution is -2.41. The molecule has 3 aromatic rings. The molecule has 8 nitrogen and oxygen atoms in total. The number of ether oxygens (including phenoxy) is 3. The van der Waals surface area contributed by atoms with E-state index in [9.17, 15) is 26.7 Å². The minimum absolute atomic E-state index is 0.00715. The molecule has 0 spiro atoms. The number of nitrogens with zero attached hydrogens (tertiary/aromatic N) is 4. The normalized spacial score (nSPS) is 22.0. The molecule has 0 saturated carbocycles. The molecule has 5 heterocycles. The minimum Gasteiger partial charge on any atom is -0.473 e. The van der Waals surface area contributed by atoms with E-state index in [1.54, 1.807) is 10.6 Å². The highest BCUT2D eigenvalue weighted by Crippen LogP contribution is 2.44. The summed E-state index contributed by atoms with van der Waals surface area (Å²) in [5.74, 6) is -2.63. The first-order chi connectivity index (χ1) is 17.2. The Morgan fingerprint density at radius 3 is 2.67 bits per heavy atom. The fraction of sp³-hybridized carbons (Fsp3) is 0.348. The SMILES string of the molecule is O=c1nc(OCc2cc(F)c(Oc3ccnc(C(F)(F)F)c3)c(F)c2)cc2n1C[C@H]1C3COC(C3)N21. The van der Waals surface area contributed by atoms with Gasteiger partial charge in [-0.1, -0.05) is 0 Å². The van der Waals surface area contributed by atoms with Crippen molar-refractivity contribution >= 4 is 5.82 Å². The molecule has 2 aromatic heterocycles. The summed E-state index contributed by atoms with van der Waals surface area (Å²) in [5.41, 5.74) is -1.69. The van der Waals surface area contributed by atoms with Crippen molar-refractivity contribution in [3.63, 3.8) is 0 Å². The summed E-state index contributed by atoms with van der Waals surface area (Å²) in [4.78, 5) is 21.6. The predicted octanol–water partition coefficient (Wildman–Crippen LogP) is 3.87. The summed E-state index contributed by atoms with van der Waals surface area (Å²) in [7, 11) is 0. The highest BCUT2D eigenvalue weighted by atomic mass is 19.4. The van der Waals surface area contributed by atoms with Crippen LogP contribution in [0.2, 0.25) is 0 Å². The Labute approximate surface area is 199 Å². The van der Waals surface area contributed by atoms with E-state index < -0.39 is 40.7 Å². The second-order valence-corrected chi connectivity index (χ2v) is 8.76. The summed E-state index contributed by atoms with van der Waals surface area (Å²) in [6.07, 6.45) is -3.13. The lowest BCUT2D eigenvalue weighted by molar-refractivity contribution is -0.141. The topological polar surface area (TPSA) is 78.7 Å². The summed E-state index contributed by atoms with van der Waals surface area (Å²) in [6.45, 7) is 0.863. The second kappa shape index (κ2) is 8.15. The van der Waals surface area contributed by atoms with Crippen LogP contribution in [-0.4, -0.2) is 33.4 Å². The van der Waals surface area contributed by atoms with E-state index >= 15 is 0 Å². The van der Waals surface area contributed by atoms with E-state index in [0.29, 0.717) is 31.0 Å². The number of pyridine rings is 1. The number of hydrogen-bond acceptors (Lipinski definition) is 7. The fourth-order valence-corrected chi connectivity index (χ4v) is 4.90. The molecule has 13 heteroatoms. The molecule has 188 valence electrons. The molecule has 36 heavy (non-hydrogen) atoms. The molecule has 2 unspecified atom stereocenters. The van der Waals surface area contributed by atoms with Gasteiger partial charge in [-0.05, 0) is 30.2 Å². The molecule has 0 radical (unpaired) electrons. The quantitative estimate of drug-likeness (QED) is 0.485. The molecule has 2 saturated heterocycles. The van der Waals surface area contributed by atoms with Gasteiger partial charge in [0.15, 0.2) is 17.4 Å². The third kappa shape index (κ3) is 3.83. The van der Waals surface area contributed by atoms with Gasteiger partial charge < -0.3 is 19.1 Å². The van der Waals surface area contributed by atoms with Crippen LogP contribution in [0.3, 0.4) is 0 Å². The van der Waals surface area contributed by atoms with Crippen molar-refractivity contribution in [1.82, 2.24) is 14.5 Å². The van der Waals surface area contributed by atoms with E-state index in [2.05, 4.69) is 9.97 Å². The first-order valence-electron chi connectivity index (χ1n) is 11.0. The van der Waals surface area contributed by atoms with Crippen LogP contribution in [-0.2, 0) is 24.1 Å². The molecular weight excluding hydrogens is 491 g/mol. The lowest BCUT2D eigenvalue weighted by Gasteiger charge is -2.30. The minimum atomic E-state index is -4.74. The van der Waals surface area contributed by atoms with Gasteiger partial charge in [0.05, 0.1) is 19.2 Å². The third-order valence-corrected chi connectivity index (χ3v) is 6.51. The Balaban J connectivity index is 1.19. The number of hydrogen-bond donors (Lipinski definition) is 0. The first-order valence-corrected chi connectivity index (χ1v) is 11.0. The van der Waals surface area contributed by atoms with E-state index in [-0.39, 0.29) is 30.3 Å². The molecule has 3 aliphatic rings. The third-order valence-electron chi connectivity index (χ3n) is 6.51. The van der Waals surface area contributed by atoms with E-state index in [1.807, 2.05) is 4.90 Å². The van der Waals surface area contributed by atoms with Gasteiger partial charge in [0.25, 0.3) is 0 Å². The van der Waals surface area contributed by atoms with Crippen LogP contribution in [0.1, 0.15) is 17.7 Å². The molecule has 0 amide bonds. The molecule has 0 aliphatic carbocycles. The van der Waals surface area contributed by atoms with Gasteiger partial charge in [-0.2, -0.15) is 18.2 Å². The van der Waals surface area contributed by atoms with Crippen molar-refractivity contribution in [3.8, 4) is 17.4 Å². The number of anilines is 1. The van der Waals surface area contributed by atoms with Crippen LogP contribution in [0.5, 0.6) is 17.4 Å². The zero-order valence-electron chi connectivity index (χ0n) is 18.3. The van der Waals surface area contributed by atoms with Crippen LogP contribution >= 0.6 is 0 Å². The van der Waals surface area contributed by atoms with Gasteiger partial charge in [0.2, 0.25) is 5.88 Å². The van der Waals surface area contributed by atoms with Crippen molar-refractivity contribution in [1.29, 1.82) is 0 Å². The summed E-state index contributed by atoms with van der Waals surface area (Å²) >= 11 is 0. The maximum absolute atomic E-state index is 14.6. The molecule has 6 rings (SSSR count). The highest BCUT2D eigenvalue weighted by molar-refractivity contribution is 5.50. The number of benzene rings is 1. The Kier molecular flexibility index (Phi) is 5.14. The summed E-state index contributed by atoms with van der Waals surface area (Å²) in [5, 5.41) is 0. The average molecular weight is 508 g/mol. The fourth-order valence-electron chi connectivity index (χ4n) is 4.90. The van der Waals surface area contributed by atoms with Crippen LogP contribution < -0.4 is 20.1 Å². The van der Waals surface area contributed by atoms with Crippen molar-refractivity contribution in [2.24, 2.45) is 5.92 Å².